The highest BCUT2D eigenvalue weighted by molar-refractivity contribution is 6.31. The van der Waals surface area contributed by atoms with Gasteiger partial charge in [-0.05, 0) is 55.2 Å². The number of hydrogen-bond donors (Lipinski definition) is 2. The summed E-state index contributed by atoms with van der Waals surface area (Å²) in [5, 5.41) is 6.80. The molecule has 1 aliphatic rings. The standard InChI is InChI=1S/C24H29Cl2N3O3/c1-3-20-13-19(10-11-29(20)14-16-4-6-17(25)7-5-16)28-23(30)15-32-22-9-8-18(26)12-21(22)24(31)27-2/h4-9,12,19-20H,3,10-11,13-15H2,1-2H3,(H,27,31)(H,28,30)/t19-,20-/m1/s1. The molecule has 0 aliphatic carbocycles. The predicted molar refractivity (Wildman–Crippen MR) is 127 cm³/mol. The first kappa shape index (κ1) is 24.4. The van der Waals surface area contributed by atoms with Gasteiger partial charge in [-0.3, -0.25) is 14.5 Å². The van der Waals surface area contributed by atoms with Gasteiger partial charge in [0.25, 0.3) is 11.8 Å². The Morgan fingerprint density at radius 3 is 2.53 bits per heavy atom. The van der Waals surface area contributed by atoms with Gasteiger partial charge in [0.1, 0.15) is 5.75 Å². The first-order valence-electron chi connectivity index (χ1n) is 10.8. The van der Waals surface area contributed by atoms with Crippen molar-refractivity contribution >= 4 is 35.0 Å². The summed E-state index contributed by atoms with van der Waals surface area (Å²) in [7, 11) is 1.53. The van der Waals surface area contributed by atoms with Crippen LogP contribution >= 0.6 is 23.2 Å². The molecule has 1 fully saturated rings. The molecule has 2 atom stereocenters. The Labute approximate surface area is 199 Å². The van der Waals surface area contributed by atoms with Gasteiger partial charge in [-0.2, -0.15) is 0 Å². The van der Waals surface area contributed by atoms with Gasteiger partial charge in [0, 0.05) is 42.3 Å². The van der Waals surface area contributed by atoms with E-state index < -0.39 is 0 Å². The molecule has 1 heterocycles. The Hall–Kier alpha value is -2.28. The van der Waals surface area contributed by atoms with Crippen LogP contribution in [0.2, 0.25) is 10.0 Å². The summed E-state index contributed by atoms with van der Waals surface area (Å²) in [4.78, 5) is 27.0. The zero-order chi connectivity index (χ0) is 23.1. The van der Waals surface area contributed by atoms with Gasteiger partial charge in [0.2, 0.25) is 0 Å². The number of nitrogens with one attached hydrogen (secondary N) is 2. The van der Waals surface area contributed by atoms with Crippen molar-refractivity contribution in [1.82, 2.24) is 15.5 Å². The summed E-state index contributed by atoms with van der Waals surface area (Å²) in [6, 6.07) is 13.2. The van der Waals surface area contributed by atoms with E-state index in [-0.39, 0.29) is 24.5 Å². The number of halogens is 2. The summed E-state index contributed by atoms with van der Waals surface area (Å²) < 4.78 is 5.63. The van der Waals surface area contributed by atoms with E-state index in [4.69, 9.17) is 27.9 Å². The molecule has 8 heteroatoms. The van der Waals surface area contributed by atoms with E-state index in [0.717, 1.165) is 37.4 Å². The maximum absolute atomic E-state index is 12.5. The molecule has 1 saturated heterocycles. The normalized spacial score (nSPS) is 18.8. The van der Waals surface area contributed by atoms with Crippen LogP contribution in [0.5, 0.6) is 5.75 Å². The fourth-order valence-electron chi connectivity index (χ4n) is 4.04. The molecule has 0 saturated carbocycles. The van der Waals surface area contributed by atoms with E-state index in [9.17, 15) is 9.59 Å². The fourth-order valence-corrected chi connectivity index (χ4v) is 4.34. The summed E-state index contributed by atoms with van der Waals surface area (Å²) in [6.07, 6.45) is 2.78. The minimum atomic E-state index is -0.318. The molecule has 2 aromatic carbocycles. The number of rotatable bonds is 8. The molecule has 0 bridgehead atoms. The molecule has 32 heavy (non-hydrogen) atoms. The minimum Gasteiger partial charge on any atom is -0.483 e. The zero-order valence-corrected chi connectivity index (χ0v) is 19.9. The van der Waals surface area contributed by atoms with Crippen LogP contribution in [0.25, 0.3) is 0 Å². The summed E-state index contributed by atoms with van der Waals surface area (Å²) in [5.74, 6) is -0.191. The second kappa shape index (κ2) is 11.5. The van der Waals surface area contributed by atoms with Crippen molar-refractivity contribution in [3.8, 4) is 5.75 Å². The maximum atomic E-state index is 12.5. The lowest BCUT2D eigenvalue weighted by Gasteiger charge is -2.39. The number of hydrogen-bond acceptors (Lipinski definition) is 4. The van der Waals surface area contributed by atoms with Crippen molar-refractivity contribution in [3.63, 3.8) is 0 Å². The molecule has 2 N–H and O–H groups in total. The van der Waals surface area contributed by atoms with Crippen LogP contribution in [0.4, 0.5) is 0 Å². The van der Waals surface area contributed by atoms with Crippen LogP contribution in [0, 0.1) is 0 Å². The average molecular weight is 478 g/mol. The highest BCUT2D eigenvalue weighted by Gasteiger charge is 2.28. The Kier molecular flexibility index (Phi) is 8.79. The lowest BCUT2D eigenvalue weighted by atomic mass is 9.94. The van der Waals surface area contributed by atoms with E-state index in [2.05, 4.69) is 34.6 Å². The lowest BCUT2D eigenvalue weighted by Crippen LogP contribution is -2.50. The van der Waals surface area contributed by atoms with Crippen molar-refractivity contribution in [2.75, 3.05) is 20.2 Å². The molecule has 0 unspecified atom stereocenters. The summed E-state index contributed by atoms with van der Waals surface area (Å²) in [6.45, 7) is 3.80. The second-order valence-corrected chi connectivity index (χ2v) is 8.83. The predicted octanol–water partition coefficient (Wildman–Crippen LogP) is 4.29. The Bertz CT molecular complexity index is 937. The van der Waals surface area contributed by atoms with Crippen LogP contribution in [0.3, 0.4) is 0 Å². The van der Waals surface area contributed by atoms with E-state index >= 15 is 0 Å². The Balaban J connectivity index is 1.52. The van der Waals surface area contributed by atoms with Crippen molar-refractivity contribution in [2.24, 2.45) is 0 Å². The highest BCUT2D eigenvalue weighted by atomic mass is 35.5. The highest BCUT2D eigenvalue weighted by Crippen LogP contribution is 2.24. The molecule has 0 radical (unpaired) electrons. The number of amides is 2. The molecule has 0 aromatic heterocycles. The first-order chi connectivity index (χ1) is 15.4. The van der Waals surface area contributed by atoms with Gasteiger partial charge < -0.3 is 15.4 Å². The molecule has 6 nitrogen and oxygen atoms in total. The van der Waals surface area contributed by atoms with E-state index in [1.165, 1.54) is 18.7 Å². The van der Waals surface area contributed by atoms with Gasteiger partial charge in [0.05, 0.1) is 5.56 Å². The summed E-state index contributed by atoms with van der Waals surface area (Å²) in [5.41, 5.74) is 1.54. The molecule has 172 valence electrons. The van der Waals surface area contributed by atoms with Crippen LogP contribution < -0.4 is 15.4 Å². The molecule has 2 amide bonds. The van der Waals surface area contributed by atoms with Crippen molar-refractivity contribution in [2.45, 2.75) is 44.8 Å². The third-order valence-electron chi connectivity index (χ3n) is 5.75. The number of carbonyl (C=O) groups excluding carboxylic acids is 2. The molecule has 3 rings (SSSR count). The monoisotopic (exact) mass is 477 g/mol. The van der Waals surface area contributed by atoms with Gasteiger partial charge >= 0.3 is 0 Å². The fraction of sp³-hybridized carbons (Fsp3) is 0.417. The molecular weight excluding hydrogens is 449 g/mol. The first-order valence-corrected chi connectivity index (χ1v) is 11.6. The number of ether oxygens (including phenoxy) is 1. The number of nitrogens with zero attached hydrogens (tertiary/aromatic N) is 1. The van der Waals surface area contributed by atoms with Crippen LogP contribution in [0.15, 0.2) is 42.5 Å². The largest absolute Gasteiger partial charge is 0.483 e. The lowest BCUT2D eigenvalue weighted by molar-refractivity contribution is -0.124. The van der Waals surface area contributed by atoms with Gasteiger partial charge in [-0.25, -0.2) is 0 Å². The van der Waals surface area contributed by atoms with Crippen molar-refractivity contribution in [1.29, 1.82) is 0 Å². The Morgan fingerprint density at radius 2 is 1.84 bits per heavy atom. The topological polar surface area (TPSA) is 70.7 Å². The number of carbonyl (C=O) groups is 2. The van der Waals surface area contributed by atoms with Crippen molar-refractivity contribution in [3.05, 3.63) is 63.6 Å². The minimum absolute atomic E-state index is 0.0983. The van der Waals surface area contributed by atoms with Crippen LogP contribution in [0.1, 0.15) is 42.1 Å². The molecule has 2 aromatic rings. The molecular formula is C24H29Cl2N3O3. The maximum Gasteiger partial charge on any atom is 0.258 e. The van der Waals surface area contributed by atoms with Gasteiger partial charge in [-0.15, -0.1) is 0 Å². The number of benzene rings is 2. The summed E-state index contributed by atoms with van der Waals surface area (Å²) >= 11 is 12.0. The number of piperidine rings is 1. The SMILES string of the molecule is CC[C@@H]1C[C@H](NC(=O)COc2ccc(Cl)cc2C(=O)NC)CCN1Cc1ccc(Cl)cc1. The molecule has 0 spiro atoms. The zero-order valence-electron chi connectivity index (χ0n) is 18.4. The van der Waals surface area contributed by atoms with E-state index in [1.54, 1.807) is 12.1 Å². The van der Waals surface area contributed by atoms with Crippen LogP contribution in [-0.2, 0) is 11.3 Å². The van der Waals surface area contributed by atoms with E-state index in [0.29, 0.717) is 22.4 Å². The average Bonchev–Trinajstić information content (AvgIpc) is 2.80. The van der Waals surface area contributed by atoms with E-state index in [1.807, 2.05) is 12.1 Å². The van der Waals surface area contributed by atoms with Crippen molar-refractivity contribution < 1.29 is 14.3 Å². The Morgan fingerprint density at radius 1 is 1.12 bits per heavy atom. The third kappa shape index (κ3) is 6.61. The second-order valence-electron chi connectivity index (χ2n) is 7.96. The molecule has 1 aliphatic heterocycles. The number of likely N-dealkylation sites (tertiary alicyclic amines) is 1. The van der Waals surface area contributed by atoms with Crippen LogP contribution in [-0.4, -0.2) is 49.0 Å². The van der Waals surface area contributed by atoms with Gasteiger partial charge in [0.15, 0.2) is 6.61 Å². The quantitative estimate of drug-likeness (QED) is 0.594. The third-order valence-corrected chi connectivity index (χ3v) is 6.23. The van der Waals surface area contributed by atoms with Gasteiger partial charge in [-0.1, -0.05) is 42.3 Å². The smallest absolute Gasteiger partial charge is 0.258 e.